The lowest BCUT2D eigenvalue weighted by atomic mass is 10.1. The van der Waals surface area contributed by atoms with Gasteiger partial charge in [-0.05, 0) is 13.0 Å². The molecule has 0 saturated carbocycles. The average Bonchev–Trinajstić information content (AvgIpc) is 2.94. The Morgan fingerprint density at radius 2 is 1.89 bits per heavy atom. The highest BCUT2D eigenvalue weighted by atomic mass is 19.4. The standard InChI is InChI=1S/C16H22F3N5O3/c1-10-7-13(16(17,18)19)20-24(10)9-14(26)22-5-6-23(11(2)25)12(8-22)15(27)21(3)4/h7,12H,5-6,8-9H2,1-4H3. The Bertz CT molecular complexity index is 744. The van der Waals surface area contributed by atoms with E-state index in [0.717, 1.165) is 10.7 Å². The lowest BCUT2D eigenvalue weighted by molar-refractivity contribution is -0.151. The number of rotatable bonds is 3. The van der Waals surface area contributed by atoms with Crippen LogP contribution in [0.5, 0.6) is 0 Å². The number of hydrogen-bond acceptors (Lipinski definition) is 4. The van der Waals surface area contributed by atoms with Gasteiger partial charge in [0.2, 0.25) is 17.7 Å². The number of aromatic nitrogens is 2. The number of carbonyl (C=O) groups excluding carboxylic acids is 3. The van der Waals surface area contributed by atoms with Crippen LogP contribution in [0, 0.1) is 6.92 Å². The maximum Gasteiger partial charge on any atom is 0.435 e. The van der Waals surface area contributed by atoms with Crippen LogP contribution < -0.4 is 0 Å². The summed E-state index contributed by atoms with van der Waals surface area (Å²) in [6, 6.07) is 0.0546. The first-order chi connectivity index (χ1) is 12.4. The average molecular weight is 389 g/mol. The summed E-state index contributed by atoms with van der Waals surface area (Å²) in [6.45, 7) is 2.77. The fourth-order valence-corrected chi connectivity index (χ4v) is 2.93. The predicted molar refractivity (Wildman–Crippen MR) is 88.4 cm³/mol. The van der Waals surface area contributed by atoms with E-state index in [4.69, 9.17) is 0 Å². The molecule has 8 nitrogen and oxygen atoms in total. The molecule has 0 spiro atoms. The summed E-state index contributed by atoms with van der Waals surface area (Å²) in [4.78, 5) is 40.8. The van der Waals surface area contributed by atoms with Crippen molar-refractivity contribution >= 4 is 17.7 Å². The minimum atomic E-state index is -4.59. The number of aryl methyl sites for hydroxylation is 1. The molecule has 1 unspecified atom stereocenters. The largest absolute Gasteiger partial charge is 0.435 e. The van der Waals surface area contributed by atoms with E-state index in [9.17, 15) is 27.6 Å². The summed E-state index contributed by atoms with van der Waals surface area (Å²) in [5, 5.41) is 3.45. The van der Waals surface area contributed by atoms with Crippen LogP contribution in [0.3, 0.4) is 0 Å². The molecule has 0 N–H and O–H groups in total. The van der Waals surface area contributed by atoms with Crippen LogP contribution in [0.2, 0.25) is 0 Å². The zero-order valence-electron chi connectivity index (χ0n) is 15.6. The molecule has 0 aliphatic carbocycles. The summed E-state index contributed by atoms with van der Waals surface area (Å²) in [6.07, 6.45) is -4.59. The van der Waals surface area contributed by atoms with Crippen molar-refractivity contribution in [2.45, 2.75) is 32.6 Å². The van der Waals surface area contributed by atoms with E-state index in [-0.39, 0.29) is 43.7 Å². The lowest BCUT2D eigenvalue weighted by Gasteiger charge is -2.41. The zero-order valence-corrected chi connectivity index (χ0v) is 15.6. The van der Waals surface area contributed by atoms with E-state index < -0.39 is 23.8 Å². The van der Waals surface area contributed by atoms with Gasteiger partial charge in [0.05, 0.1) is 6.54 Å². The molecule has 0 radical (unpaired) electrons. The summed E-state index contributed by atoms with van der Waals surface area (Å²) in [5.74, 6) is -1.06. The van der Waals surface area contributed by atoms with Gasteiger partial charge in [0.1, 0.15) is 12.6 Å². The third-order valence-corrected chi connectivity index (χ3v) is 4.42. The van der Waals surface area contributed by atoms with Crippen molar-refractivity contribution in [3.8, 4) is 0 Å². The van der Waals surface area contributed by atoms with E-state index >= 15 is 0 Å². The van der Waals surface area contributed by atoms with Gasteiger partial charge in [-0.2, -0.15) is 18.3 Å². The van der Waals surface area contributed by atoms with Crippen LogP contribution in [-0.2, 0) is 27.1 Å². The highest BCUT2D eigenvalue weighted by Gasteiger charge is 2.37. The van der Waals surface area contributed by atoms with E-state index in [2.05, 4.69) is 5.10 Å². The second kappa shape index (κ2) is 7.57. The lowest BCUT2D eigenvalue weighted by Crippen LogP contribution is -2.61. The first kappa shape index (κ1) is 20.7. The van der Waals surface area contributed by atoms with Gasteiger partial charge in [-0.3, -0.25) is 19.1 Å². The fraction of sp³-hybridized carbons (Fsp3) is 0.625. The van der Waals surface area contributed by atoms with Crippen molar-refractivity contribution in [2.75, 3.05) is 33.7 Å². The van der Waals surface area contributed by atoms with Gasteiger partial charge >= 0.3 is 6.18 Å². The number of piperazine rings is 1. The number of carbonyl (C=O) groups is 3. The molecule has 1 aromatic rings. The van der Waals surface area contributed by atoms with Crippen molar-refractivity contribution in [2.24, 2.45) is 0 Å². The molecule has 3 amide bonds. The Morgan fingerprint density at radius 3 is 2.37 bits per heavy atom. The van der Waals surface area contributed by atoms with Crippen LogP contribution in [0.15, 0.2) is 6.07 Å². The first-order valence-electron chi connectivity index (χ1n) is 8.29. The van der Waals surface area contributed by atoms with Crippen molar-refractivity contribution in [3.05, 3.63) is 17.5 Å². The minimum Gasteiger partial charge on any atom is -0.347 e. The van der Waals surface area contributed by atoms with Crippen molar-refractivity contribution in [1.82, 2.24) is 24.5 Å². The molecule has 1 aromatic heterocycles. The molecule has 1 fully saturated rings. The maximum absolute atomic E-state index is 12.8. The number of nitrogens with zero attached hydrogens (tertiary/aromatic N) is 5. The summed E-state index contributed by atoms with van der Waals surface area (Å²) in [5.41, 5.74) is -0.853. The molecule has 1 aliphatic rings. The molecular formula is C16H22F3N5O3. The van der Waals surface area contributed by atoms with Gasteiger partial charge in [0.15, 0.2) is 5.69 Å². The Hall–Kier alpha value is -2.59. The SMILES string of the molecule is CC(=O)N1CCN(C(=O)Cn2nc(C(F)(F)F)cc2C)CC1C(=O)N(C)C. The van der Waals surface area contributed by atoms with Gasteiger partial charge in [-0.1, -0.05) is 0 Å². The van der Waals surface area contributed by atoms with Crippen LogP contribution in [0.4, 0.5) is 13.2 Å². The summed E-state index contributed by atoms with van der Waals surface area (Å²) >= 11 is 0. The molecule has 2 rings (SSSR count). The Morgan fingerprint density at radius 1 is 1.26 bits per heavy atom. The van der Waals surface area contributed by atoms with Crippen LogP contribution in [0.25, 0.3) is 0 Å². The zero-order chi connectivity index (χ0) is 20.5. The molecule has 1 saturated heterocycles. The molecule has 1 aliphatic heterocycles. The quantitative estimate of drug-likeness (QED) is 0.748. The number of alkyl halides is 3. The van der Waals surface area contributed by atoms with Crippen LogP contribution >= 0.6 is 0 Å². The normalized spacial score (nSPS) is 17.8. The van der Waals surface area contributed by atoms with Crippen molar-refractivity contribution < 1.29 is 27.6 Å². The van der Waals surface area contributed by atoms with Crippen LogP contribution in [0.1, 0.15) is 18.3 Å². The van der Waals surface area contributed by atoms with E-state index in [0.29, 0.717) is 0 Å². The van der Waals surface area contributed by atoms with Crippen molar-refractivity contribution in [3.63, 3.8) is 0 Å². The minimum absolute atomic E-state index is 0.0120. The molecule has 27 heavy (non-hydrogen) atoms. The Kier molecular flexibility index (Phi) is 5.81. The Balaban J connectivity index is 2.14. The summed E-state index contributed by atoms with van der Waals surface area (Å²) in [7, 11) is 3.10. The monoisotopic (exact) mass is 389 g/mol. The summed E-state index contributed by atoms with van der Waals surface area (Å²) < 4.78 is 39.3. The van der Waals surface area contributed by atoms with E-state index in [1.54, 1.807) is 14.1 Å². The predicted octanol–water partition coefficient (Wildman–Crippen LogP) is 0.358. The third-order valence-electron chi connectivity index (χ3n) is 4.42. The molecule has 150 valence electrons. The highest BCUT2D eigenvalue weighted by molar-refractivity contribution is 5.88. The number of hydrogen-bond donors (Lipinski definition) is 0. The molecule has 1 atom stereocenters. The molecule has 2 heterocycles. The molecule has 0 aromatic carbocycles. The van der Waals surface area contributed by atoms with Crippen molar-refractivity contribution in [1.29, 1.82) is 0 Å². The van der Waals surface area contributed by atoms with E-state index in [1.165, 1.54) is 28.5 Å². The van der Waals surface area contributed by atoms with Gasteiger partial charge < -0.3 is 14.7 Å². The maximum atomic E-state index is 12.8. The number of halogens is 3. The van der Waals surface area contributed by atoms with Gasteiger partial charge in [0.25, 0.3) is 0 Å². The van der Waals surface area contributed by atoms with Gasteiger partial charge in [-0.25, -0.2) is 0 Å². The Labute approximate surface area is 154 Å². The second-order valence-electron chi connectivity index (χ2n) is 6.63. The van der Waals surface area contributed by atoms with Crippen LogP contribution in [-0.4, -0.2) is 82.0 Å². The smallest absolute Gasteiger partial charge is 0.347 e. The van der Waals surface area contributed by atoms with E-state index in [1.807, 2.05) is 0 Å². The first-order valence-corrected chi connectivity index (χ1v) is 8.29. The number of amides is 3. The molecular weight excluding hydrogens is 367 g/mol. The van der Waals surface area contributed by atoms with Gasteiger partial charge in [-0.15, -0.1) is 0 Å². The molecule has 11 heteroatoms. The fourth-order valence-electron chi connectivity index (χ4n) is 2.93. The van der Waals surface area contributed by atoms with Gasteiger partial charge in [0, 0.05) is 39.8 Å². The molecule has 0 bridgehead atoms. The number of likely N-dealkylation sites (N-methyl/N-ethyl adjacent to an activating group) is 1. The third kappa shape index (κ3) is 4.58. The second-order valence-corrected chi connectivity index (χ2v) is 6.63. The topological polar surface area (TPSA) is 78.8 Å². The highest BCUT2D eigenvalue weighted by Crippen LogP contribution is 2.28.